The van der Waals surface area contributed by atoms with Crippen molar-refractivity contribution in [3.63, 3.8) is 0 Å². The van der Waals surface area contributed by atoms with Gasteiger partial charge in [-0.15, -0.1) is 0 Å². The molecule has 1 aromatic carbocycles. The van der Waals surface area contributed by atoms with E-state index in [0.717, 1.165) is 30.6 Å². The minimum Gasteiger partial charge on any atom is -0.451 e. The van der Waals surface area contributed by atoms with Gasteiger partial charge in [-0.3, -0.25) is 24.1 Å². The highest BCUT2D eigenvalue weighted by Gasteiger charge is 2.33. The molecule has 3 amide bonds. The summed E-state index contributed by atoms with van der Waals surface area (Å²) >= 11 is 0. The topological polar surface area (TPSA) is 92.8 Å². The van der Waals surface area contributed by atoms with Gasteiger partial charge in [0, 0.05) is 11.6 Å². The minimum atomic E-state index is -0.974. The molecular formula is C21H26N2O5. The number of fused-ring (bicyclic) bond motifs is 1. The quantitative estimate of drug-likeness (QED) is 0.475. The van der Waals surface area contributed by atoms with Crippen LogP contribution in [-0.4, -0.2) is 47.3 Å². The number of hydrogen-bond donors (Lipinski definition) is 1. The second-order valence-electron chi connectivity index (χ2n) is 7.45. The van der Waals surface area contributed by atoms with E-state index >= 15 is 0 Å². The van der Waals surface area contributed by atoms with Crippen molar-refractivity contribution in [1.29, 1.82) is 0 Å². The van der Waals surface area contributed by atoms with Gasteiger partial charge in [0.15, 0.2) is 6.10 Å². The van der Waals surface area contributed by atoms with Crippen molar-refractivity contribution in [3.05, 3.63) is 35.4 Å². The largest absolute Gasteiger partial charge is 0.451 e. The molecule has 1 aliphatic heterocycles. The number of ether oxygens (including phenoxy) is 1. The number of esters is 1. The van der Waals surface area contributed by atoms with E-state index in [1.165, 1.54) is 19.8 Å². The third-order valence-electron chi connectivity index (χ3n) is 5.30. The molecule has 0 bridgehead atoms. The fourth-order valence-electron chi connectivity index (χ4n) is 3.72. The molecule has 0 saturated heterocycles. The maximum Gasteiger partial charge on any atom is 0.326 e. The molecule has 1 N–H and O–H groups in total. The third-order valence-corrected chi connectivity index (χ3v) is 5.30. The second-order valence-corrected chi connectivity index (χ2v) is 7.45. The first kappa shape index (κ1) is 20.0. The van der Waals surface area contributed by atoms with Gasteiger partial charge < -0.3 is 10.1 Å². The van der Waals surface area contributed by atoms with Crippen LogP contribution in [0.15, 0.2) is 24.3 Å². The molecule has 0 spiro atoms. The fourth-order valence-corrected chi connectivity index (χ4v) is 3.72. The van der Waals surface area contributed by atoms with Gasteiger partial charge in [0.1, 0.15) is 6.54 Å². The standard InChI is InChI=1S/C21H26N2O5/c1-14(20(26)22-16-9-4-2-3-5-10-16)28-19(25)13-23-18(24)12-15-8-6-7-11-17(15)21(23)27/h6-8,11,14,16H,2-5,9-10,12-13H2,1H3,(H,22,26)/t14-/m0/s1. The Bertz CT molecular complexity index is 768. The molecule has 1 aromatic rings. The van der Waals surface area contributed by atoms with E-state index in [2.05, 4.69) is 5.32 Å². The Balaban J connectivity index is 1.54. The maximum atomic E-state index is 12.5. The molecule has 1 heterocycles. The first-order valence-electron chi connectivity index (χ1n) is 9.88. The Kier molecular flexibility index (Phi) is 6.44. The molecule has 0 aromatic heterocycles. The van der Waals surface area contributed by atoms with E-state index in [4.69, 9.17) is 4.74 Å². The molecule has 0 radical (unpaired) electrons. The molecule has 2 aliphatic rings. The van der Waals surface area contributed by atoms with E-state index in [-0.39, 0.29) is 18.4 Å². The van der Waals surface area contributed by atoms with Gasteiger partial charge >= 0.3 is 5.97 Å². The zero-order chi connectivity index (χ0) is 20.1. The highest BCUT2D eigenvalue weighted by Crippen LogP contribution is 2.20. The average Bonchev–Trinajstić information content (AvgIpc) is 2.93. The third kappa shape index (κ3) is 4.77. The van der Waals surface area contributed by atoms with E-state index in [0.29, 0.717) is 11.1 Å². The van der Waals surface area contributed by atoms with Crippen molar-refractivity contribution in [1.82, 2.24) is 10.2 Å². The van der Waals surface area contributed by atoms with Crippen molar-refractivity contribution in [2.75, 3.05) is 6.54 Å². The lowest BCUT2D eigenvalue weighted by atomic mass is 9.98. The Labute approximate surface area is 164 Å². The van der Waals surface area contributed by atoms with Crippen molar-refractivity contribution in [3.8, 4) is 0 Å². The minimum absolute atomic E-state index is 0.0624. The van der Waals surface area contributed by atoms with Gasteiger partial charge in [0.05, 0.1) is 6.42 Å². The molecule has 7 nitrogen and oxygen atoms in total. The van der Waals surface area contributed by atoms with Gasteiger partial charge in [0.25, 0.3) is 11.8 Å². The number of carbonyl (C=O) groups is 4. The molecular weight excluding hydrogens is 360 g/mol. The first-order chi connectivity index (χ1) is 13.5. The number of rotatable bonds is 5. The van der Waals surface area contributed by atoms with Gasteiger partial charge in [-0.05, 0) is 31.4 Å². The SMILES string of the molecule is C[C@H](OC(=O)CN1C(=O)Cc2ccccc2C1=O)C(=O)NC1CCCCCC1. The monoisotopic (exact) mass is 386 g/mol. The molecule has 1 aliphatic carbocycles. The Hall–Kier alpha value is -2.70. The number of benzene rings is 1. The van der Waals surface area contributed by atoms with Crippen molar-refractivity contribution < 1.29 is 23.9 Å². The lowest BCUT2D eigenvalue weighted by Gasteiger charge is -2.26. The van der Waals surface area contributed by atoms with Crippen molar-refractivity contribution in [2.45, 2.75) is 64.0 Å². The summed E-state index contributed by atoms with van der Waals surface area (Å²) in [6.45, 7) is 1.01. The van der Waals surface area contributed by atoms with Gasteiger partial charge in [-0.2, -0.15) is 0 Å². The Morgan fingerprint density at radius 1 is 1.14 bits per heavy atom. The molecule has 150 valence electrons. The summed E-state index contributed by atoms with van der Waals surface area (Å²) in [7, 11) is 0. The molecule has 1 saturated carbocycles. The number of imide groups is 1. The van der Waals surface area contributed by atoms with Gasteiger partial charge in [-0.25, -0.2) is 0 Å². The highest BCUT2D eigenvalue weighted by molar-refractivity contribution is 6.11. The summed E-state index contributed by atoms with van der Waals surface area (Å²) in [5.41, 5.74) is 1.06. The molecule has 1 fully saturated rings. The zero-order valence-corrected chi connectivity index (χ0v) is 16.1. The molecule has 3 rings (SSSR count). The van der Waals surface area contributed by atoms with Crippen LogP contribution in [0, 0.1) is 0 Å². The summed E-state index contributed by atoms with van der Waals surface area (Å²) in [4.78, 5) is 50.2. The van der Waals surface area contributed by atoms with Crippen molar-refractivity contribution in [2.24, 2.45) is 0 Å². The Morgan fingerprint density at radius 2 is 1.82 bits per heavy atom. The lowest BCUT2D eigenvalue weighted by Crippen LogP contribution is -2.47. The van der Waals surface area contributed by atoms with Gasteiger partial charge in [0.2, 0.25) is 5.91 Å². The summed E-state index contributed by atoms with van der Waals surface area (Å²) in [5, 5.41) is 2.93. The Morgan fingerprint density at radius 3 is 2.54 bits per heavy atom. The van der Waals surface area contributed by atoms with Crippen LogP contribution in [0.3, 0.4) is 0 Å². The normalized spacial score (nSPS) is 18.8. The first-order valence-corrected chi connectivity index (χ1v) is 9.88. The molecule has 0 unspecified atom stereocenters. The highest BCUT2D eigenvalue weighted by atomic mass is 16.5. The van der Waals surface area contributed by atoms with Crippen LogP contribution in [0.5, 0.6) is 0 Å². The zero-order valence-electron chi connectivity index (χ0n) is 16.1. The lowest BCUT2D eigenvalue weighted by molar-refractivity contribution is -0.157. The van der Waals surface area contributed by atoms with Crippen LogP contribution in [0.2, 0.25) is 0 Å². The van der Waals surface area contributed by atoms with Crippen LogP contribution in [-0.2, 0) is 25.5 Å². The maximum absolute atomic E-state index is 12.5. The number of carbonyl (C=O) groups excluding carboxylic acids is 4. The molecule has 28 heavy (non-hydrogen) atoms. The fraction of sp³-hybridized carbons (Fsp3) is 0.524. The van der Waals surface area contributed by atoms with Crippen LogP contribution in [0.25, 0.3) is 0 Å². The van der Waals surface area contributed by atoms with E-state index in [1.807, 2.05) is 0 Å². The summed E-state index contributed by atoms with van der Waals surface area (Å²) in [5.74, 6) is -2.08. The van der Waals surface area contributed by atoms with E-state index in [1.54, 1.807) is 24.3 Å². The van der Waals surface area contributed by atoms with Gasteiger partial charge in [-0.1, -0.05) is 43.9 Å². The van der Waals surface area contributed by atoms with Crippen LogP contribution in [0.1, 0.15) is 61.4 Å². The smallest absolute Gasteiger partial charge is 0.326 e. The van der Waals surface area contributed by atoms with Crippen LogP contribution >= 0.6 is 0 Å². The van der Waals surface area contributed by atoms with E-state index in [9.17, 15) is 19.2 Å². The second kappa shape index (κ2) is 8.99. The predicted molar refractivity (Wildman–Crippen MR) is 101 cm³/mol. The van der Waals surface area contributed by atoms with Crippen LogP contribution < -0.4 is 5.32 Å². The number of amides is 3. The van der Waals surface area contributed by atoms with Crippen molar-refractivity contribution >= 4 is 23.7 Å². The van der Waals surface area contributed by atoms with E-state index < -0.39 is 30.4 Å². The number of nitrogens with zero attached hydrogens (tertiary/aromatic N) is 1. The summed E-state index contributed by atoms with van der Waals surface area (Å²) in [6, 6.07) is 6.94. The van der Waals surface area contributed by atoms with Crippen LogP contribution in [0.4, 0.5) is 0 Å². The molecule has 7 heteroatoms. The number of hydrogen-bond acceptors (Lipinski definition) is 5. The summed E-state index contributed by atoms with van der Waals surface area (Å²) in [6.07, 6.45) is 5.48. The number of nitrogens with one attached hydrogen (secondary N) is 1. The molecule has 1 atom stereocenters. The summed E-state index contributed by atoms with van der Waals surface area (Å²) < 4.78 is 5.18. The average molecular weight is 386 g/mol. The predicted octanol–water partition coefficient (Wildman–Crippen LogP) is 1.98.